The van der Waals surface area contributed by atoms with Crippen molar-refractivity contribution in [2.24, 2.45) is 0 Å². The summed E-state index contributed by atoms with van der Waals surface area (Å²) in [6.07, 6.45) is 1.58. The van der Waals surface area contributed by atoms with E-state index < -0.39 is 0 Å². The molecule has 0 aliphatic heterocycles. The zero-order valence-electron chi connectivity index (χ0n) is 8.64. The summed E-state index contributed by atoms with van der Waals surface area (Å²) in [6, 6.07) is 0. The van der Waals surface area contributed by atoms with Crippen molar-refractivity contribution in [3.05, 3.63) is 29.2 Å². The first-order chi connectivity index (χ1) is 7.22. The van der Waals surface area contributed by atoms with Crippen molar-refractivity contribution in [1.29, 1.82) is 0 Å². The first-order valence-corrected chi connectivity index (χ1v) is 4.61. The van der Waals surface area contributed by atoms with Gasteiger partial charge in [0.1, 0.15) is 18.7 Å². The highest BCUT2D eigenvalue weighted by atomic mass is 16.5. The highest BCUT2D eigenvalue weighted by Gasteiger charge is 2.11. The molecule has 15 heavy (non-hydrogen) atoms. The lowest BCUT2D eigenvalue weighted by molar-refractivity contribution is 0.265. The van der Waals surface area contributed by atoms with E-state index in [4.69, 9.17) is 9.63 Å². The van der Waals surface area contributed by atoms with Crippen LogP contribution in [-0.2, 0) is 13.2 Å². The average Bonchev–Trinajstić information content (AvgIpc) is 2.79. The summed E-state index contributed by atoms with van der Waals surface area (Å²) in [5.74, 6) is 1.32. The molecule has 0 saturated carbocycles. The van der Waals surface area contributed by atoms with E-state index in [-0.39, 0.29) is 6.61 Å². The Bertz CT molecular complexity index is 441. The van der Waals surface area contributed by atoms with E-state index in [9.17, 15) is 0 Å². The molecule has 2 aromatic heterocycles. The molecule has 1 N–H and O–H groups in total. The zero-order valence-corrected chi connectivity index (χ0v) is 8.64. The smallest absolute Gasteiger partial charge is 0.158 e. The Kier molecular flexibility index (Phi) is 2.51. The minimum absolute atomic E-state index is 0.122. The minimum atomic E-state index is -0.122. The Morgan fingerprint density at radius 1 is 1.47 bits per heavy atom. The van der Waals surface area contributed by atoms with Crippen molar-refractivity contribution in [3.8, 4) is 0 Å². The third-order valence-corrected chi connectivity index (χ3v) is 2.35. The Balaban J connectivity index is 2.29. The molecule has 6 nitrogen and oxygen atoms in total. The van der Waals surface area contributed by atoms with Gasteiger partial charge >= 0.3 is 0 Å². The second-order valence-corrected chi connectivity index (χ2v) is 3.34. The molecule has 6 heteroatoms. The normalized spacial score (nSPS) is 10.9. The Morgan fingerprint density at radius 2 is 2.27 bits per heavy atom. The predicted molar refractivity (Wildman–Crippen MR) is 51.0 cm³/mol. The Labute approximate surface area is 86.5 Å². The van der Waals surface area contributed by atoms with Gasteiger partial charge in [0.05, 0.1) is 12.2 Å². The van der Waals surface area contributed by atoms with Crippen molar-refractivity contribution in [2.75, 3.05) is 0 Å². The molecule has 2 rings (SSSR count). The average molecular weight is 208 g/mol. The van der Waals surface area contributed by atoms with Crippen molar-refractivity contribution >= 4 is 0 Å². The van der Waals surface area contributed by atoms with Crippen LogP contribution >= 0.6 is 0 Å². The molecule has 0 spiro atoms. The van der Waals surface area contributed by atoms with Crippen LogP contribution in [0.4, 0.5) is 0 Å². The number of nitrogens with zero attached hydrogens (tertiary/aromatic N) is 4. The summed E-state index contributed by atoms with van der Waals surface area (Å²) in [7, 11) is 0. The standard InChI is InChI=1S/C9H12N4O2/c1-6-8(7(2)15-12-6)3-13-5-10-11-9(13)4-14/h5,14H,3-4H2,1-2H3. The topological polar surface area (TPSA) is 77.0 Å². The summed E-state index contributed by atoms with van der Waals surface area (Å²) in [5.41, 5.74) is 1.86. The van der Waals surface area contributed by atoms with E-state index in [2.05, 4.69) is 15.4 Å². The van der Waals surface area contributed by atoms with Gasteiger partial charge in [-0.1, -0.05) is 5.16 Å². The van der Waals surface area contributed by atoms with Gasteiger partial charge in [0, 0.05) is 5.56 Å². The molecule has 0 aromatic carbocycles. The van der Waals surface area contributed by atoms with Crippen LogP contribution in [0.2, 0.25) is 0 Å². The van der Waals surface area contributed by atoms with Crippen LogP contribution in [0.1, 0.15) is 22.8 Å². The molecule has 0 unspecified atom stereocenters. The molecule has 80 valence electrons. The summed E-state index contributed by atoms with van der Waals surface area (Å²) in [4.78, 5) is 0. The number of aromatic nitrogens is 4. The van der Waals surface area contributed by atoms with E-state index in [1.165, 1.54) is 0 Å². The molecule has 0 radical (unpaired) electrons. The highest BCUT2D eigenvalue weighted by Crippen LogP contribution is 2.14. The summed E-state index contributed by atoms with van der Waals surface area (Å²) in [5, 5.41) is 20.4. The quantitative estimate of drug-likeness (QED) is 0.791. The van der Waals surface area contributed by atoms with Crippen LogP contribution < -0.4 is 0 Å². The summed E-state index contributed by atoms with van der Waals surface area (Å²) in [6.45, 7) is 4.19. The number of rotatable bonds is 3. The van der Waals surface area contributed by atoms with E-state index in [0.717, 1.165) is 17.0 Å². The maximum atomic E-state index is 9.01. The van der Waals surface area contributed by atoms with Gasteiger partial charge in [-0.25, -0.2) is 0 Å². The first-order valence-electron chi connectivity index (χ1n) is 4.61. The van der Waals surface area contributed by atoms with Crippen LogP contribution in [0.5, 0.6) is 0 Å². The fourth-order valence-corrected chi connectivity index (χ4v) is 1.43. The first kappa shape index (κ1) is 9.85. The van der Waals surface area contributed by atoms with E-state index >= 15 is 0 Å². The second kappa shape index (κ2) is 3.82. The van der Waals surface area contributed by atoms with Gasteiger partial charge in [-0.15, -0.1) is 10.2 Å². The molecule has 2 aromatic rings. The molecule has 0 aliphatic carbocycles. The summed E-state index contributed by atoms with van der Waals surface area (Å²) < 4.78 is 6.82. The largest absolute Gasteiger partial charge is 0.388 e. The third kappa shape index (κ3) is 1.75. The molecule has 2 heterocycles. The SMILES string of the molecule is Cc1noc(C)c1Cn1cnnc1CO. The molecule has 0 fully saturated rings. The monoisotopic (exact) mass is 208 g/mol. The summed E-state index contributed by atoms with van der Waals surface area (Å²) >= 11 is 0. The zero-order chi connectivity index (χ0) is 10.8. The van der Waals surface area contributed by atoms with Gasteiger partial charge < -0.3 is 14.2 Å². The lowest BCUT2D eigenvalue weighted by atomic mass is 10.2. The lowest BCUT2D eigenvalue weighted by Gasteiger charge is -2.03. The fraction of sp³-hybridized carbons (Fsp3) is 0.444. The van der Waals surface area contributed by atoms with Crippen LogP contribution in [0.3, 0.4) is 0 Å². The molecule has 0 bridgehead atoms. The minimum Gasteiger partial charge on any atom is -0.388 e. The van der Waals surface area contributed by atoms with Gasteiger partial charge in [-0.2, -0.15) is 0 Å². The Hall–Kier alpha value is -1.69. The molecule has 0 atom stereocenters. The third-order valence-electron chi connectivity index (χ3n) is 2.35. The van der Waals surface area contributed by atoms with Crippen molar-refractivity contribution in [1.82, 2.24) is 19.9 Å². The highest BCUT2D eigenvalue weighted by molar-refractivity contribution is 5.21. The second-order valence-electron chi connectivity index (χ2n) is 3.34. The number of hydrogen-bond donors (Lipinski definition) is 1. The van der Waals surface area contributed by atoms with Crippen molar-refractivity contribution in [2.45, 2.75) is 27.0 Å². The van der Waals surface area contributed by atoms with Gasteiger partial charge in [0.15, 0.2) is 5.82 Å². The van der Waals surface area contributed by atoms with Crippen molar-refractivity contribution < 1.29 is 9.63 Å². The van der Waals surface area contributed by atoms with E-state index in [1.54, 1.807) is 10.9 Å². The Morgan fingerprint density at radius 3 is 2.87 bits per heavy atom. The van der Waals surface area contributed by atoms with Crippen LogP contribution in [0.15, 0.2) is 10.9 Å². The van der Waals surface area contributed by atoms with Gasteiger partial charge in [-0.05, 0) is 13.8 Å². The van der Waals surface area contributed by atoms with Crippen LogP contribution in [-0.4, -0.2) is 25.0 Å². The maximum Gasteiger partial charge on any atom is 0.158 e. The lowest BCUT2D eigenvalue weighted by Crippen LogP contribution is -2.05. The predicted octanol–water partition coefficient (Wildman–Crippen LogP) is 0.424. The number of aryl methyl sites for hydroxylation is 2. The van der Waals surface area contributed by atoms with E-state index in [0.29, 0.717) is 12.4 Å². The molecule has 0 amide bonds. The van der Waals surface area contributed by atoms with Gasteiger partial charge in [0.2, 0.25) is 0 Å². The fourth-order valence-electron chi connectivity index (χ4n) is 1.43. The number of aliphatic hydroxyl groups is 1. The molecular weight excluding hydrogens is 196 g/mol. The molecule has 0 saturated heterocycles. The number of hydrogen-bond acceptors (Lipinski definition) is 5. The molecular formula is C9H12N4O2. The number of aliphatic hydroxyl groups excluding tert-OH is 1. The van der Waals surface area contributed by atoms with Gasteiger partial charge in [0.25, 0.3) is 0 Å². The maximum absolute atomic E-state index is 9.01. The van der Waals surface area contributed by atoms with Gasteiger partial charge in [-0.3, -0.25) is 0 Å². The van der Waals surface area contributed by atoms with Crippen molar-refractivity contribution in [3.63, 3.8) is 0 Å². The van der Waals surface area contributed by atoms with Crippen LogP contribution in [0.25, 0.3) is 0 Å². The molecule has 0 aliphatic rings. The van der Waals surface area contributed by atoms with E-state index in [1.807, 2.05) is 13.8 Å². The van der Waals surface area contributed by atoms with Crippen LogP contribution in [0, 0.1) is 13.8 Å².